The highest BCUT2D eigenvalue weighted by atomic mass is 15.2. The maximum absolute atomic E-state index is 4.45. The molecule has 0 fully saturated rings. The van der Waals surface area contributed by atoms with Crippen LogP contribution < -0.4 is 9.13 Å². The minimum Gasteiger partial charge on any atom is -0.278 e. The smallest absolute Gasteiger partial charge is 0.250 e. The predicted molar refractivity (Wildman–Crippen MR) is 104 cm³/mol. The minimum atomic E-state index is 0.690. The van der Waals surface area contributed by atoms with Gasteiger partial charge in [0.15, 0.2) is 0 Å². The van der Waals surface area contributed by atoms with Crippen LogP contribution in [0.4, 0.5) is 0 Å². The molecule has 8 heteroatoms. The van der Waals surface area contributed by atoms with Gasteiger partial charge in [-0.15, -0.1) is 0 Å². The maximum atomic E-state index is 4.45. The van der Waals surface area contributed by atoms with Crippen molar-refractivity contribution in [3.8, 4) is 11.6 Å². The van der Waals surface area contributed by atoms with Gasteiger partial charge in [0.1, 0.15) is 43.6 Å². The molecule has 142 valence electrons. The van der Waals surface area contributed by atoms with Crippen molar-refractivity contribution in [1.82, 2.24) is 29.3 Å². The average Bonchev–Trinajstić information content (AvgIpc) is 3.52. The third-order valence-electron chi connectivity index (χ3n) is 4.59. The van der Waals surface area contributed by atoms with Crippen molar-refractivity contribution in [2.75, 3.05) is 0 Å². The van der Waals surface area contributed by atoms with Gasteiger partial charge in [0.25, 0.3) is 12.7 Å². The van der Waals surface area contributed by atoms with Crippen molar-refractivity contribution in [3.63, 3.8) is 0 Å². The Kier molecular flexibility index (Phi) is 4.42. The number of imidazole rings is 2. The number of nitrogens with one attached hydrogen (secondary N) is 1. The Balaban J connectivity index is 1.26. The first-order valence-electron chi connectivity index (χ1n) is 9.33. The maximum Gasteiger partial charge on any atom is 0.250 e. The molecule has 0 aromatic carbocycles. The molecule has 0 unspecified atom stereocenters. The van der Waals surface area contributed by atoms with Gasteiger partial charge in [0, 0.05) is 24.5 Å². The second kappa shape index (κ2) is 7.51. The molecule has 5 aromatic heterocycles. The van der Waals surface area contributed by atoms with Crippen molar-refractivity contribution in [3.05, 3.63) is 104 Å². The van der Waals surface area contributed by atoms with Gasteiger partial charge < -0.3 is 0 Å². The molecule has 0 bridgehead atoms. The van der Waals surface area contributed by atoms with Crippen LogP contribution in [0.3, 0.4) is 0 Å². The fourth-order valence-electron chi connectivity index (χ4n) is 3.21. The fourth-order valence-corrected chi connectivity index (χ4v) is 3.21. The second-order valence-electron chi connectivity index (χ2n) is 6.75. The molecule has 0 radical (unpaired) electrons. The molecule has 0 aliphatic carbocycles. The Morgan fingerprint density at radius 2 is 1.41 bits per heavy atom. The van der Waals surface area contributed by atoms with Crippen LogP contribution in [-0.2, 0) is 13.1 Å². The van der Waals surface area contributed by atoms with E-state index in [4.69, 9.17) is 0 Å². The molecule has 0 amide bonds. The summed E-state index contributed by atoms with van der Waals surface area (Å²) in [6, 6.07) is 13.8. The number of aromatic nitrogens is 8. The van der Waals surface area contributed by atoms with Crippen molar-refractivity contribution >= 4 is 0 Å². The lowest BCUT2D eigenvalue weighted by atomic mass is 10.3. The van der Waals surface area contributed by atoms with E-state index in [0.29, 0.717) is 13.1 Å². The molecule has 0 saturated heterocycles. The van der Waals surface area contributed by atoms with E-state index in [1.807, 2.05) is 83.0 Å². The third-order valence-corrected chi connectivity index (χ3v) is 4.59. The lowest BCUT2D eigenvalue weighted by Gasteiger charge is -1.94. The van der Waals surface area contributed by atoms with Gasteiger partial charge >= 0.3 is 0 Å². The summed E-state index contributed by atoms with van der Waals surface area (Å²) in [5, 5.41) is 7.59. The molecule has 0 saturated carbocycles. The molecule has 29 heavy (non-hydrogen) atoms. The van der Waals surface area contributed by atoms with Crippen molar-refractivity contribution in [2.45, 2.75) is 13.1 Å². The normalized spacial score (nSPS) is 11.0. The van der Waals surface area contributed by atoms with Gasteiger partial charge in [-0.1, -0.05) is 12.1 Å². The summed E-state index contributed by atoms with van der Waals surface area (Å²) >= 11 is 0. The van der Waals surface area contributed by atoms with Crippen LogP contribution in [-0.4, -0.2) is 29.3 Å². The number of rotatable bonds is 6. The van der Waals surface area contributed by atoms with Gasteiger partial charge in [-0.05, 0) is 18.2 Å². The third kappa shape index (κ3) is 3.81. The lowest BCUT2D eigenvalue weighted by molar-refractivity contribution is -0.688. The van der Waals surface area contributed by atoms with E-state index in [0.717, 1.165) is 23.0 Å². The molecule has 0 spiro atoms. The SMILES string of the molecule is c1ccc(-n2cc[n+](Cc3cc(C[n+]4ccn(-c5ccccn5)c4)[nH]n3)c2)nc1. The quantitative estimate of drug-likeness (QED) is 0.451. The highest BCUT2D eigenvalue weighted by Gasteiger charge is 2.12. The molecule has 5 heterocycles. The van der Waals surface area contributed by atoms with Crippen LogP contribution in [0, 0.1) is 0 Å². The Hall–Kier alpha value is -4.07. The van der Waals surface area contributed by atoms with E-state index in [9.17, 15) is 0 Å². The summed E-state index contributed by atoms with van der Waals surface area (Å²) in [4.78, 5) is 8.73. The lowest BCUT2D eigenvalue weighted by Crippen LogP contribution is -2.32. The number of pyridine rings is 2. The topological polar surface area (TPSA) is 72.1 Å². The van der Waals surface area contributed by atoms with E-state index in [-0.39, 0.29) is 0 Å². The van der Waals surface area contributed by atoms with Gasteiger partial charge in [0.2, 0.25) is 11.6 Å². The van der Waals surface area contributed by atoms with Crippen molar-refractivity contribution in [1.29, 1.82) is 0 Å². The summed E-state index contributed by atoms with van der Waals surface area (Å²) in [5.41, 5.74) is 2.03. The number of nitrogens with zero attached hydrogens (tertiary/aromatic N) is 7. The largest absolute Gasteiger partial charge is 0.278 e. The van der Waals surface area contributed by atoms with Crippen molar-refractivity contribution in [2.24, 2.45) is 0 Å². The van der Waals surface area contributed by atoms with Crippen molar-refractivity contribution < 1.29 is 9.13 Å². The summed E-state index contributed by atoms with van der Waals surface area (Å²) in [5.74, 6) is 1.79. The molecule has 8 nitrogen and oxygen atoms in total. The van der Waals surface area contributed by atoms with Crippen LogP contribution >= 0.6 is 0 Å². The molecule has 1 N–H and O–H groups in total. The van der Waals surface area contributed by atoms with E-state index in [2.05, 4.69) is 35.4 Å². The van der Waals surface area contributed by atoms with Crippen LogP contribution in [0.5, 0.6) is 0 Å². The molecular weight excluding hydrogens is 364 g/mol. The fraction of sp³-hybridized carbons (Fsp3) is 0.0952. The molecule has 0 aliphatic rings. The van der Waals surface area contributed by atoms with Crippen LogP contribution in [0.25, 0.3) is 11.6 Å². The summed E-state index contributed by atoms with van der Waals surface area (Å²) in [7, 11) is 0. The Morgan fingerprint density at radius 1 is 0.793 bits per heavy atom. The number of H-pyrrole nitrogens is 1. The van der Waals surface area contributed by atoms with Gasteiger partial charge in [-0.3, -0.25) is 5.10 Å². The summed E-state index contributed by atoms with van der Waals surface area (Å²) in [6.45, 7) is 1.41. The zero-order valence-electron chi connectivity index (χ0n) is 15.7. The van der Waals surface area contributed by atoms with Crippen LogP contribution in [0.1, 0.15) is 11.4 Å². The Labute approximate surface area is 167 Å². The average molecular weight is 384 g/mol. The highest BCUT2D eigenvalue weighted by molar-refractivity contribution is 5.20. The first kappa shape index (κ1) is 17.1. The predicted octanol–water partition coefficient (Wildman–Crippen LogP) is 1.45. The monoisotopic (exact) mass is 384 g/mol. The molecule has 0 aliphatic heterocycles. The molecular formula is C21H20N8+2. The second-order valence-corrected chi connectivity index (χ2v) is 6.75. The summed E-state index contributed by atoms with van der Waals surface area (Å²) < 4.78 is 8.16. The first-order chi connectivity index (χ1) is 14.3. The van der Waals surface area contributed by atoms with E-state index < -0.39 is 0 Å². The number of hydrogen-bond acceptors (Lipinski definition) is 3. The van der Waals surface area contributed by atoms with Gasteiger partial charge in [-0.2, -0.15) is 14.2 Å². The Morgan fingerprint density at radius 3 is 2.00 bits per heavy atom. The van der Waals surface area contributed by atoms with Gasteiger partial charge in [-0.25, -0.2) is 19.1 Å². The first-order valence-corrected chi connectivity index (χ1v) is 9.33. The van der Waals surface area contributed by atoms with E-state index in [1.54, 1.807) is 12.4 Å². The zero-order valence-corrected chi connectivity index (χ0v) is 15.7. The standard InChI is InChI=1S/C21H20N8/c1-3-7-22-20(5-1)28-11-9-26(16-28)14-18-13-19(25-24-18)15-27-10-12-29(17-27)21-6-2-4-8-23-21/h1-13,16-17H,14-15H2,(H,24,25)/q+2. The van der Waals surface area contributed by atoms with Crippen LogP contribution in [0.2, 0.25) is 0 Å². The molecule has 5 aromatic rings. The van der Waals surface area contributed by atoms with Crippen LogP contribution in [0.15, 0.2) is 92.3 Å². The minimum absolute atomic E-state index is 0.690. The number of aromatic amines is 1. The van der Waals surface area contributed by atoms with E-state index in [1.165, 1.54) is 0 Å². The summed E-state index contributed by atoms with van der Waals surface area (Å²) in [6.07, 6.45) is 15.6. The molecule has 0 atom stereocenters. The van der Waals surface area contributed by atoms with E-state index >= 15 is 0 Å². The zero-order chi connectivity index (χ0) is 19.5. The molecule has 5 rings (SSSR count). The number of hydrogen-bond donors (Lipinski definition) is 1. The highest BCUT2D eigenvalue weighted by Crippen LogP contribution is 2.04. The Bertz CT molecular complexity index is 1110. The van der Waals surface area contributed by atoms with Gasteiger partial charge in [0.05, 0.1) is 5.69 Å².